The van der Waals surface area contributed by atoms with Gasteiger partial charge in [0.1, 0.15) is 0 Å². The van der Waals surface area contributed by atoms with Gasteiger partial charge >= 0.3 is 6.03 Å². The Morgan fingerprint density at radius 1 is 1.19 bits per heavy atom. The van der Waals surface area contributed by atoms with Gasteiger partial charge in [0.2, 0.25) is 10.0 Å². The Morgan fingerprint density at radius 2 is 1.86 bits per heavy atom. The van der Waals surface area contributed by atoms with E-state index in [0.29, 0.717) is 32.1 Å². The largest absolute Gasteiger partial charge is 0.376 e. The molecule has 2 N–H and O–H groups in total. The Bertz CT molecular complexity index is 440. The van der Waals surface area contributed by atoms with E-state index < -0.39 is 10.0 Å². The zero-order valence-electron chi connectivity index (χ0n) is 12.5. The third-order valence-corrected chi connectivity index (χ3v) is 5.41. The molecule has 2 heterocycles. The third kappa shape index (κ3) is 5.44. The maximum Gasteiger partial charge on any atom is 0.314 e. The highest BCUT2D eigenvalue weighted by molar-refractivity contribution is 7.88. The number of piperidine rings is 1. The second-order valence-electron chi connectivity index (χ2n) is 5.83. The molecule has 0 aromatic carbocycles. The lowest BCUT2D eigenvalue weighted by atomic mass is 9.98. The number of sulfonamides is 1. The van der Waals surface area contributed by atoms with E-state index in [1.165, 1.54) is 10.6 Å². The number of urea groups is 1. The smallest absolute Gasteiger partial charge is 0.314 e. The molecule has 21 heavy (non-hydrogen) atoms. The summed E-state index contributed by atoms with van der Waals surface area (Å²) in [6.45, 7) is 3.02. The fourth-order valence-corrected chi connectivity index (χ4v) is 3.63. The summed E-state index contributed by atoms with van der Waals surface area (Å²) in [6.07, 6.45) is 5.04. The molecule has 7 nitrogen and oxygen atoms in total. The molecular formula is C13H25N3O4S. The number of amides is 2. The molecule has 0 saturated carbocycles. The van der Waals surface area contributed by atoms with Crippen molar-refractivity contribution in [3.63, 3.8) is 0 Å². The van der Waals surface area contributed by atoms with Gasteiger partial charge in [-0.05, 0) is 31.6 Å². The van der Waals surface area contributed by atoms with Crippen LogP contribution in [-0.4, -0.2) is 63.9 Å². The lowest BCUT2D eigenvalue weighted by molar-refractivity contribution is 0.111. The minimum Gasteiger partial charge on any atom is -0.376 e. The molecule has 0 aromatic heterocycles. The van der Waals surface area contributed by atoms with Gasteiger partial charge in [-0.25, -0.2) is 17.5 Å². The van der Waals surface area contributed by atoms with Crippen LogP contribution in [0, 0.1) is 5.92 Å². The summed E-state index contributed by atoms with van der Waals surface area (Å²) in [5, 5.41) is 5.67. The Labute approximate surface area is 126 Å². The molecule has 2 rings (SSSR count). The lowest BCUT2D eigenvalue weighted by Gasteiger charge is -2.30. The first-order valence-corrected chi connectivity index (χ1v) is 9.38. The zero-order chi connectivity index (χ0) is 15.3. The normalized spacial score (nSPS) is 24.9. The van der Waals surface area contributed by atoms with Crippen LogP contribution in [-0.2, 0) is 14.8 Å². The van der Waals surface area contributed by atoms with E-state index in [1.807, 2.05) is 0 Å². The molecule has 0 aromatic rings. The summed E-state index contributed by atoms with van der Waals surface area (Å²) >= 11 is 0. The first-order valence-electron chi connectivity index (χ1n) is 7.53. The highest BCUT2D eigenvalue weighted by Crippen LogP contribution is 2.18. The standard InChI is InChI=1S/C13H25N3O4S/c1-21(18,19)16-6-4-11(5-7-16)9-14-13(17)15-10-12-3-2-8-20-12/h11-12H,2-10H2,1H3,(H2,14,15,17)/t12-/m0/s1. The fraction of sp³-hybridized carbons (Fsp3) is 0.923. The van der Waals surface area contributed by atoms with Gasteiger partial charge in [-0.3, -0.25) is 0 Å². The summed E-state index contributed by atoms with van der Waals surface area (Å²) in [7, 11) is -3.08. The average Bonchev–Trinajstić information content (AvgIpc) is 2.95. The van der Waals surface area contributed by atoms with Crippen molar-refractivity contribution in [2.75, 3.05) is 39.0 Å². The molecule has 2 fully saturated rings. The Hall–Kier alpha value is -0.860. The third-order valence-electron chi connectivity index (χ3n) is 4.11. The maximum atomic E-state index is 11.7. The van der Waals surface area contributed by atoms with Gasteiger partial charge in [0.05, 0.1) is 12.4 Å². The van der Waals surface area contributed by atoms with Gasteiger partial charge in [-0.1, -0.05) is 0 Å². The number of carbonyl (C=O) groups is 1. The van der Waals surface area contributed by atoms with E-state index >= 15 is 0 Å². The van der Waals surface area contributed by atoms with Gasteiger partial charge < -0.3 is 15.4 Å². The number of nitrogens with one attached hydrogen (secondary N) is 2. The molecule has 1 atom stereocenters. The maximum absolute atomic E-state index is 11.7. The molecule has 0 spiro atoms. The monoisotopic (exact) mass is 319 g/mol. The van der Waals surface area contributed by atoms with E-state index in [2.05, 4.69) is 10.6 Å². The molecule has 0 aliphatic carbocycles. The molecule has 2 aliphatic rings. The van der Waals surface area contributed by atoms with E-state index in [9.17, 15) is 13.2 Å². The summed E-state index contributed by atoms with van der Waals surface area (Å²) in [6, 6.07) is -0.170. The van der Waals surface area contributed by atoms with Crippen molar-refractivity contribution in [2.45, 2.75) is 31.8 Å². The van der Waals surface area contributed by atoms with Crippen LogP contribution >= 0.6 is 0 Å². The minimum absolute atomic E-state index is 0.147. The van der Waals surface area contributed by atoms with Crippen molar-refractivity contribution in [3.05, 3.63) is 0 Å². The molecular weight excluding hydrogens is 294 g/mol. The summed E-state index contributed by atoms with van der Waals surface area (Å²) in [5.74, 6) is 0.344. The molecule has 0 unspecified atom stereocenters. The molecule has 0 bridgehead atoms. The van der Waals surface area contributed by atoms with Crippen LogP contribution in [0.1, 0.15) is 25.7 Å². The van der Waals surface area contributed by atoms with Gasteiger partial charge in [0.25, 0.3) is 0 Å². The topological polar surface area (TPSA) is 87.7 Å². The predicted molar refractivity (Wildman–Crippen MR) is 79.5 cm³/mol. The molecule has 2 aliphatic heterocycles. The van der Waals surface area contributed by atoms with Crippen LogP contribution < -0.4 is 10.6 Å². The van der Waals surface area contributed by atoms with Gasteiger partial charge in [-0.15, -0.1) is 0 Å². The van der Waals surface area contributed by atoms with Crippen LogP contribution in [0.25, 0.3) is 0 Å². The van der Waals surface area contributed by atoms with Crippen LogP contribution in [0.5, 0.6) is 0 Å². The van der Waals surface area contributed by atoms with Crippen molar-refractivity contribution < 1.29 is 17.9 Å². The van der Waals surface area contributed by atoms with Gasteiger partial charge in [0.15, 0.2) is 0 Å². The molecule has 8 heteroatoms. The highest BCUT2D eigenvalue weighted by atomic mass is 32.2. The number of hydrogen-bond donors (Lipinski definition) is 2. The fourth-order valence-electron chi connectivity index (χ4n) is 2.76. The van der Waals surface area contributed by atoms with Gasteiger partial charge in [-0.2, -0.15) is 0 Å². The quantitative estimate of drug-likeness (QED) is 0.754. The van der Waals surface area contributed by atoms with Crippen molar-refractivity contribution in [1.82, 2.24) is 14.9 Å². The first-order chi connectivity index (χ1) is 9.95. The summed E-state index contributed by atoms with van der Waals surface area (Å²) in [5.41, 5.74) is 0. The molecule has 0 radical (unpaired) electrons. The summed E-state index contributed by atoms with van der Waals surface area (Å²) < 4.78 is 29.7. The molecule has 2 saturated heterocycles. The predicted octanol–water partition coefficient (Wildman–Crippen LogP) is 0.136. The van der Waals surface area contributed by atoms with E-state index in [0.717, 1.165) is 32.3 Å². The lowest BCUT2D eigenvalue weighted by Crippen LogP contribution is -2.44. The Morgan fingerprint density at radius 3 is 2.43 bits per heavy atom. The number of hydrogen-bond acceptors (Lipinski definition) is 4. The average molecular weight is 319 g/mol. The number of rotatable bonds is 5. The number of nitrogens with zero attached hydrogens (tertiary/aromatic N) is 1. The first kappa shape index (κ1) is 16.5. The van der Waals surface area contributed by atoms with Crippen LogP contribution in [0.4, 0.5) is 4.79 Å². The molecule has 122 valence electrons. The van der Waals surface area contributed by atoms with Crippen molar-refractivity contribution in [1.29, 1.82) is 0 Å². The van der Waals surface area contributed by atoms with Crippen LogP contribution in [0.3, 0.4) is 0 Å². The van der Waals surface area contributed by atoms with E-state index in [4.69, 9.17) is 4.74 Å². The second kappa shape index (κ2) is 7.42. The van der Waals surface area contributed by atoms with Crippen molar-refractivity contribution >= 4 is 16.1 Å². The number of carbonyl (C=O) groups excluding carboxylic acids is 1. The van der Waals surface area contributed by atoms with Crippen LogP contribution in [0.15, 0.2) is 0 Å². The highest BCUT2D eigenvalue weighted by Gasteiger charge is 2.25. The SMILES string of the molecule is CS(=O)(=O)N1CCC(CNC(=O)NC[C@@H]2CCCO2)CC1. The molecule has 2 amide bonds. The Kier molecular flexibility index (Phi) is 5.83. The zero-order valence-corrected chi connectivity index (χ0v) is 13.3. The van der Waals surface area contributed by atoms with Crippen LogP contribution in [0.2, 0.25) is 0 Å². The summed E-state index contributed by atoms with van der Waals surface area (Å²) in [4.78, 5) is 11.7. The number of ether oxygens (including phenoxy) is 1. The Balaban J connectivity index is 1.59. The van der Waals surface area contributed by atoms with E-state index in [-0.39, 0.29) is 12.1 Å². The minimum atomic E-state index is -3.08. The van der Waals surface area contributed by atoms with Crippen molar-refractivity contribution in [3.8, 4) is 0 Å². The second-order valence-corrected chi connectivity index (χ2v) is 7.81. The van der Waals surface area contributed by atoms with E-state index in [1.54, 1.807) is 0 Å². The van der Waals surface area contributed by atoms with Crippen molar-refractivity contribution in [2.24, 2.45) is 5.92 Å². The van der Waals surface area contributed by atoms with Gasteiger partial charge in [0, 0.05) is 32.8 Å².